The zero-order valence-corrected chi connectivity index (χ0v) is 10.9. The molecule has 0 aliphatic rings. The summed E-state index contributed by atoms with van der Waals surface area (Å²) in [5, 5.41) is 0. The third-order valence-corrected chi connectivity index (χ3v) is 2.91. The maximum Gasteiger partial charge on any atom is 0.191 e. The van der Waals surface area contributed by atoms with Crippen molar-refractivity contribution in [1.82, 2.24) is 4.98 Å². The lowest BCUT2D eigenvalue weighted by molar-refractivity contribution is 0.467. The Morgan fingerprint density at radius 3 is 2.72 bits per heavy atom. The predicted octanol–water partition coefficient (Wildman–Crippen LogP) is 4.55. The second kappa shape index (κ2) is 6.20. The van der Waals surface area contributed by atoms with E-state index in [0.717, 1.165) is 48.6 Å². The van der Waals surface area contributed by atoms with Crippen molar-refractivity contribution in [1.29, 1.82) is 0 Å². The number of aromatic nitrogens is 1. The molecule has 1 heterocycles. The Bertz CT molecular complexity index is 499. The van der Waals surface area contributed by atoms with Gasteiger partial charge in [0.2, 0.25) is 0 Å². The van der Waals surface area contributed by atoms with Gasteiger partial charge in [-0.1, -0.05) is 36.4 Å². The van der Waals surface area contributed by atoms with Crippen LogP contribution < -0.4 is 0 Å². The minimum absolute atomic E-state index is 0.743. The van der Waals surface area contributed by atoms with Crippen LogP contribution in [0.3, 0.4) is 0 Å². The molecule has 2 nitrogen and oxygen atoms in total. The highest BCUT2D eigenvalue weighted by atomic mass is 16.4. The van der Waals surface area contributed by atoms with Crippen molar-refractivity contribution in [3.8, 4) is 11.3 Å². The zero-order chi connectivity index (χ0) is 12.8. The van der Waals surface area contributed by atoms with E-state index in [1.165, 1.54) is 0 Å². The number of benzene rings is 1. The summed E-state index contributed by atoms with van der Waals surface area (Å²) < 4.78 is 5.71. The van der Waals surface area contributed by atoms with E-state index in [1.807, 2.05) is 31.2 Å². The average Bonchev–Trinajstić information content (AvgIpc) is 2.77. The molecule has 2 heteroatoms. The van der Waals surface area contributed by atoms with Crippen LogP contribution in [0, 0.1) is 6.92 Å². The van der Waals surface area contributed by atoms with Crippen LogP contribution >= 0.6 is 0 Å². The van der Waals surface area contributed by atoms with E-state index in [4.69, 9.17) is 4.42 Å². The molecule has 1 aromatic carbocycles. The first kappa shape index (κ1) is 12.6. The largest absolute Gasteiger partial charge is 0.445 e. The van der Waals surface area contributed by atoms with Crippen molar-refractivity contribution in [3.63, 3.8) is 0 Å². The van der Waals surface area contributed by atoms with Crippen LogP contribution in [-0.2, 0) is 6.42 Å². The second-order valence-corrected chi connectivity index (χ2v) is 4.41. The Morgan fingerprint density at radius 1 is 1.22 bits per heavy atom. The fourth-order valence-electron chi connectivity index (χ4n) is 2.03. The summed E-state index contributed by atoms with van der Waals surface area (Å²) in [6.07, 6.45) is 6.23. The van der Waals surface area contributed by atoms with Crippen LogP contribution in [0.2, 0.25) is 0 Å². The highest BCUT2D eigenvalue weighted by Gasteiger charge is 2.12. The topological polar surface area (TPSA) is 26.0 Å². The summed E-state index contributed by atoms with van der Waals surface area (Å²) >= 11 is 0. The fraction of sp³-hybridized carbons (Fsp3) is 0.312. The highest BCUT2D eigenvalue weighted by molar-refractivity contribution is 5.61. The fourth-order valence-corrected chi connectivity index (χ4v) is 2.03. The lowest BCUT2D eigenvalue weighted by Gasteiger charge is -2.00. The van der Waals surface area contributed by atoms with Gasteiger partial charge in [-0.3, -0.25) is 0 Å². The molecular formula is C16H19NO. The van der Waals surface area contributed by atoms with Gasteiger partial charge in [-0.05, 0) is 19.3 Å². The van der Waals surface area contributed by atoms with Crippen molar-refractivity contribution in [2.75, 3.05) is 0 Å². The van der Waals surface area contributed by atoms with Crippen LogP contribution in [0.25, 0.3) is 11.3 Å². The number of allylic oxidation sites excluding steroid dienone is 1. The predicted molar refractivity (Wildman–Crippen MR) is 74.4 cm³/mol. The Labute approximate surface area is 108 Å². The van der Waals surface area contributed by atoms with E-state index in [-0.39, 0.29) is 0 Å². The number of oxazole rings is 1. The smallest absolute Gasteiger partial charge is 0.191 e. The Hall–Kier alpha value is -1.83. The van der Waals surface area contributed by atoms with Gasteiger partial charge in [0, 0.05) is 18.9 Å². The van der Waals surface area contributed by atoms with Crippen molar-refractivity contribution in [2.24, 2.45) is 0 Å². The molecule has 94 valence electrons. The first-order valence-corrected chi connectivity index (χ1v) is 6.44. The minimum atomic E-state index is 0.743. The summed E-state index contributed by atoms with van der Waals surface area (Å²) in [6, 6.07) is 10.2. The van der Waals surface area contributed by atoms with E-state index >= 15 is 0 Å². The molecule has 0 aliphatic heterocycles. The van der Waals surface area contributed by atoms with Gasteiger partial charge in [-0.2, -0.15) is 0 Å². The maximum atomic E-state index is 5.71. The summed E-state index contributed by atoms with van der Waals surface area (Å²) in [5.74, 6) is 1.75. The Balaban J connectivity index is 2.13. The number of rotatable bonds is 6. The van der Waals surface area contributed by atoms with Crippen LogP contribution in [-0.4, -0.2) is 4.98 Å². The normalized spacial score (nSPS) is 10.5. The lowest BCUT2D eigenvalue weighted by Crippen LogP contribution is -1.87. The van der Waals surface area contributed by atoms with Crippen molar-refractivity contribution in [3.05, 3.63) is 54.6 Å². The minimum Gasteiger partial charge on any atom is -0.445 e. The third-order valence-electron chi connectivity index (χ3n) is 2.91. The van der Waals surface area contributed by atoms with Gasteiger partial charge < -0.3 is 4.42 Å². The third kappa shape index (κ3) is 3.10. The first-order valence-electron chi connectivity index (χ1n) is 6.44. The van der Waals surface area contributed by atoms with Gasteiger partial charge >= 0.3 is 0 Å². The standard InChI is InChI=1S/C16H19NO/c1-3-4-5-9-12-15-16(17-13(2)18-15)14-10-7-6-8-11-14/h3,6-8,10-11H,1,4-5,9,12H2,2H3. The lowest BCUT2D eigenvalue weighted by atomic mass is 10.1. The van der Waals surface area contributed by atoms with Gasteiger partial charge in [-0.25, -0.2) is 4.98 Å². The van der Waals surface area contributed by atoms with Crippen LogP contribution in [0.4, 0.5) is 0 Å². The molecule has 0 atom stereocenters. The number of unbranched alkanes of at least 4 members (excludes halogenated alkanes) is 2. The SMILES string of the molecule is C=CCCCCc1oc(C)nc1-c1ccccc1. The van der Waals surface area contributed by atoms with Crippen LogP contribution in [0.5, 0.6) is 0 Å². The van der Waals surface area contributed by atoms with Crippen molar-refractivity contribution < 1.29 is 4.42 Å². The molecule has 1 aromatic heterocycles. The number of hydrogen-bond acceptors (Lipinski definition) is 2. The maximum absolute atomic E-state index is 5.71. The number of hydrogen-bond donors (Lipinski definition) is 0. The van der Waals surface area contributed by atoms with Crippen molar-refractivity contribution >= 4 is 0 Å². The summed E-state index contributed by atoms with van der Waals surface area (Å²) in [5.41, 5.74) is 2.12. The molecule has 2 rings (SSSR count). The highest BCUT2D eigenvalue weighted by Crippen LogP contribution is 2.25. The molecule has 0 N–H and O–H groups in total. The second-order valence-electron chi connectivity index (χ2n) is 4.41. The molecule has 0 bridgehead atoms. The molecular weight excluding hydrogens is 222 g/mol. The van der Waals surface area contributed by atoms with Gasteiger partial charge in [-0.15, -0.1) is 6.58 Å². The van der Waals surface area contributed by atoms with E-state index in [1.54, 1.807) is 0 Å². The Morgan fingerprint density at radius 2 is 2.00 bits per heavy atom. The van der Waals surface area contributed by atoms with E-state index in [0.29, 0.717) is 0 Å². The number of aryl methyl sites for hydroxylation is 2. The molecule has 0 saturated carbocycles. The van der Waals surface area contributed by atoms with Gasteiger partial charge in [0.15, 0.2) is 5.89 Å². The molecule has 0 fully saturated rings. The molecule has 0 spiro atoms. The molecule has 0 saturated heterocycles. The Kier molecular flexibility index (Phi) is 4.35. The number of nitrogens with zero attached hydrogens (tertiary/aromatic N) is 1. The van der Waals surface area contributed by atoms with E-state index in [9.17, 15) is 0 Å². The monoisotopic (exact) mass is 241 g/mol. The summed E-state index contributed by atoms with van der Waals surface area (Å²) in [7, 11) is 0. The van der Waals surface area contributed by atoms with Crippen LogP contribution in [0.15, 0.2) is 47.4 Å². The van der Waals surface area contributed by atoms with Gasteiger partial charge in [0.1, 0.15) is 11.5 Å². The summed E-state index contributed by atoms with van der Waals surface area (Å²) in [4.78, 5) is 4.49. The van der Waals surface area contributed by atoms with Gasteiger partial charge in [0.05, 0.1) is 0 Å². The molecule has 0 radical (unpaired) electrons. The van der Waals surface area contributed by atoms with E-state index in [2.05, 4.69) is 23.7 Å². The zero-order valence-electron chi connectivity index (χ0n) is 10.9. The first-order chi connectivity index (χ1) is 8.81. The van der Waals surface area contributed by atoms with E-state index < -0.39 is 0 Å². The van der Waals surface area contributed by atoms with Crippen molar-refractivity contribution in [2.45, 2.75) is 32.6 Å². The molecule has 0 amide bonds. The molecule has 0 aliphatic carbocycles. The average molecular weight is 241 g/mol. The summed E-state index contributed by atoms with van der Waals surface area (Å²) in [6.45, 7) is 5.64. The van der Waals surface area contributed by atoms with Gasteiger partial charge in [0.25, 0.3) is 0 Å². The quantitative estimate of drug-likeness (QED) is 0.548. The van der Waals surface area contributed by atoms with Crippen LogP contribution in [0.1, 0.15) is 30.9 Å². The molecule has 0 unspecified atom stereocenters. The molecule has 2 aromatic rings. The molecule has 18 heavy (non-hydrogen) atoms.